The zero-order chi connectivity index (χ0) is 22.5. The number of carbonyl (C=O) groups excluding carboxylic acids is 1. The van der Waals surface area contributed by atoms with E-state index in [-0.39, 0.29) is 17.7 Å². The summed E-state index contributed by atoms with van der Waals surface area (Å²) in [6, 6.07) is 32.8. The second kappa shape index (κ2) is 9.80. The fourth-order valence-electron chi connectivity index (χ4n) is 4.70. The predicted molar refractivity (Wildman–Crippen MR) is 133 cm³/mol. The molecule has 0 saturated carbocycles. The van der Waals surface area contributed by atoms with Gasteiger partial charge in [0.2, 0.25) is 5.91 Å². The maximum atomic E-state index is 13.5. The minimum absolute atomic E-state index is 0.0720. The number of nitrogens with one attached hydrogen (secondary N) is 1. The Hall–Kier alpha value is -3.76. The lowest BCUT2D eigenvalue weighted by molar-refractivity contribution is -0.119. The van der Waals surface area contributed by atoms with Crippen LogP contribution in [0.1, 0.15) is 17.0 Å². The van der Waals surface area contributed by atoms with Crippen LogP contribution < -0.4 is 5.32 Å². The maximum absolute atomic E-state index is 13.5. The number of benzene rings is 3. The highest BCUT2D eigenvalue weighted by atomic mass is 16.2. The number of aromatic nitrogens is 1. The lowest BCUT2D eigenvalue weighted by Crippen LogP contribution is -2.28. The number of nitrogens with zero attached hydrogens (tertiary/aromatic N) is 2. The Kier molecular flexibility index (Phi) is 6.27. The molecule has 0 unspecified atom stereocenters. The molecule has 1 aliphatic heterocycles. The quantitative estimate of drug-likeness (QED) is 0.430. The molecule has 33 heavy (non-hydrogen) atoms. The van der Waals surface area contributed by atoms with E-state index in [2.05, 4.69) is 63.7 Å². The molecule has 1 amide bonds. The number of anilines is 1. The van der Waals surface area contributed by atoms with E-state index in [0.717, 1.165) is 36.4 Å². The number of pyridine rings is 1. The Bertz CT molecular complexity index is 1200. The van der Waals surface area contributed by atoms with Crippen molar-refractivity contribution >= 4 is 11.6 Å². The van der Waals surface area contributed by atoms with Crippen LogP contribution in [0.3, 0.4) is 0 Å². The number of carbonyl (C=O) groups is 1. The molecule has 2 atom stereocenters. The van der Waals surface area contributed by atoms with Gasteiger partial charge >= 0.3 is 0 Å². The van der Waals surface area contributed by atoms with Crippen LogP contribution in [0.15, 0.2) is 109 Å². The first-order valence-electron chi connectivity index (χ1n) is 11.4. The summed E-state index contributed by atoms with van der Waals surface area (Å²) in [5.41, 5.74) is 5.38. The minimum Gasteiger partial charge on any atom is -0.326 e. The van der Waals surface area contributed by atoms with E-state index < -0.39 is 0 Å². The molecule has 5 rings (SSSR count). The summed E-state index contributed by atoms with van der Waals surface area (Å²) < 4.78 is 0. The van der Waals surface area contributed by atoms with E-state index in [1.807, 2.05) is 54.7 Å². The molecule has 0 bridgehead atoms. The lowest BCUT2D eigenvalue weighted by Gasteiger charge is -2.18. The number of hydrogen-bond acceptors (Lipinski definition) is 3. The van der Waals surface area contributed by atoms with Crippen LogP contribution in [0.2, 0.25) is 0 Å². The molecule has 1 aliphatic rings. The van der Waals surface area contributed by atoms with Gasteiger partial charge in [0.1, 0.15) is 0 Å². The van der Waals surface area contributed by atoms with E-state index in [4.69, 9.17) is 0 Å². The van der Waals surface area contributed by atoms with Crippen molar-refractivity contribution in [2.75, 3.05) is 18.4 Å². The standard InChI is InChI=1S/C29H27N3O/c33-29(31-26-15-7-13-24(17-26)25-14-8-16-30-18-25)28-21-32(19-22-9-3-1-4-10-22)20-27(28)23-11-5-2-6-12-23/h1-18,27-28H,19-21H2,(H,31,33)/t27-,28+/m1/s1. The Morgan fingerprint density at radius 1 is 0.848 bits per heavy atom. The molecule has 1 aromatic heterocycles. The first-order valence-corrected chi connectivity index (χ1v) is 11.4. The number of likely N-dealkylation sites (tertiary alicyclic amines) is 1. The van der Waals surface area contributed by atoms with Crippen LogP contribution in [-0.4, -0.2) is 28.9 Å². The van der Waals surface area contributed by atoms with Gasteiger partial charge in [-0.25, -0.2) is 0 Å². The summed E-state index contributed by atoms with van der Waals surface area (Å²) >= 11 is 0. The van der Waals surface area contributed by atoms with Crippen LogP contribution in [-0.2, 0) is 11.3 Å². The zero-order valence-electron chi connectivity index (χ0n) is 18.5. The van der Waals surface area contributed by atoms with Crippen molar-refractivity contribution in [3.05, 3.63) is 121 Å². The molecular formula is C29H27N3O. The molecule has 4 heteroatoms. The molecule has 1 fully saturated rings. The van der Waals surface area contributed by atoms with Gasteiger partial charge in [0.05, 0.1) is 5.92 Å². The molecule has 0 radical (unpaired) electrons. The van der Waals surface area contributed by atoms with Gasteiger partial charge < -0.3 is 5.32 Å². The molecule has 0 aliphatic carbocycles. The van der Waals surface area contributed by atoms with Crippen LogP contribution in [0.4, 0.5) is 5.69 Å². The fraction of sp³-hybridized carbons (Fsp3) is 0.172. The van der Waals surface area contributed by atoms with E-state index in [1.54, 1.807) is 6.20 Å². The van der Waals surface area contributed by atoms with Crippen molar-refractivity contribution in [1.29, 1.82) is 0 Å². The Morgan fingerprint density at radius 3 is 2.36 bits per heavy atom. The fourth-order valence-corrected chi connectivity index (χ4v) is 4.70. The number of hydrogen-bond donors (Lipinski definition) is 1. The Labute approximate surface area is 194 Å². The summed E-state index contributed by atoms with van der Waals surface area (Å²) in [6.45, 7) is 2.46. The third-order valence-electron chi connectivity index (χ3n) is 6.33. The molecule has 3 aromatic carbocycles. The summed E-state index contributed by atoms with van der Waals surface area (Å²) in [4.78, 5) is 20.1. The summed E-state index contributed by atoms with van der Waals surface area (Å²) in [6.07, 6.45) is 3.60. The molecule has 2 heterocycles. The second-order valence-corrected chi connectivity index (χ2v) is 8.62. The summed E-state index contributed by atoms with van der Waals surface area (Å²) in [5.74, 6) is 0.123. The first kappa shape index (κ1) is 21.1. The van der Waals surface area contributed by atoms with Crippen molar-refractivity contribution < 1.29 is 4.79 Å². The largest absolute Gasteiger partial charge is 0.326 e. The highest BCUT2D eigenvalue weighted by Crippen LogP contribution is 2.34. The Morgan fingerprint density at radius 2 is 1.61 bits per heavy atom. The van der Waals surface area contributed by atoms with Gasteiger partial charge in [0.15, 0.2) is 0 Å². The molecular weight excluding hydrogens is 406 g/mol. The normalized spacial score (nSPS) is 18.2. The van der Waals surface area contributed by atoms with E-state index in [0.29, 0.717) is 0 Å². The van der Waals surface area contributed by atoms with Gasteiger partial charge in [0, 0.05) is 49.2 Å². The predicted octanol–water partition coefficient (Wildman–Crippen LogP) is 5.60. The van der Waals surface area contributed by atoms with E-state index in [1.165, 1.54) is 11.1 Å². The zero-order valence-corrected chi connectivity index (χ0v) is 18.5. The number of rotatable bonds is 6. The van der Waals surface area contributed by atoms with Crippen LogP contribution in [0.25, 0.3) is 11.1 Å². The third-order valence-corrected chi connectivity index (χ3v) is 6.33. The molecule has 1 saturated heterocycles. The molecule has 164 valence electrons. The van der Waals surface area contributed by atoms with Crippen molar-refractivity contribution in [3.63, 3.8) is 0 Å². The van der Waals surface area contributed by atoms with E-state index in [9.17, 15) is 4.79 Å². The van der Waals surface area contributed by atoms with E-state index >= 15 is 0 Å². The van der Waals surface area contributed by atoms with Gasteiger partial charge in [-0.2, -0.15) is 0 Å². The smallest absolute Gasteiger partial charge is 0.229 e. The molecule has 4 aromatic rings. The molecule has 0 spiro atoms. The Balaban J connectivity index is 1.36. The summed E-state index contributed by atoms with van der Waals surface area (Å²) in [7, 11) is 0. The lowest BCUT2D eigenvalue weighted by atomic mass is 9.88. The highest BCUT2D eigenvalue weighted by molar-refractivity contribution is 5.94. The highest BCUT2D eigenvalue weighted by Gasteiger charge is 2.38. The first-order chi connectivity index (χ1) is 16.3. The van der Waals surface area contributed by atoms with Crippen molar-refractivity contribution in [1.82, 2.24) is 9.88 Å². The van der Waals surface area contributed by atoms with Gasteiger partial charge in [-0.05, 0) is 34.9 Å². The summed E-state index contributed by atoms with van der Waals surface area (Å²) in [5, 5.41) is 3.19. The maximum Gasteiger partial charge on any atom is 0.229 e. The van der Waals surface area contributed by atoms with Crippen molar-refractivity contribution in [3.8, 4) is 11.1 Å². The van der Waals surface area contributed by atoms with Crippen molar-refractivity contribution in [2.45, 2.75) is 12.5 Å². The van der Waals surface area contributed by atoms with Gasteiger partial charge in [-0.1, -0.05) is 78.9 Å². The topological polar surface area (TPSA) is 45.2 Å². The average Bonchev–Trinajstić information content (AvgIpc) is 3.30. The van der Waals surface area contributed by atoms with Crippen LogP contribution >= 0.6 is 0 Å². The minimum atomic E-state index is -0.113. The van der Waals surface area contributed by atoms with Crippen molar-refractivity contribution in [2.24, 2.45) is 5.92 Å². The van der Waals surface area contributed by atoms with Gasteiger partial charge in [0.25, 0.3) is 0 Å². The SMILES string of the molecule is O=C(Nc1cccc(-c2cccnc2)c1)[C@H]1CN(Cc2ccccc2)C[C@@H]1c1ccccc1. The van der Waals surface area contributed by atoms with Gasteiger partial charge in [-0.3, -0.25) is 14.7 Å². The third kappa shape index (κ3) is 5.02. The second-order valence-electron chi connectivity index (χ2n) is 8.62. The average molecular weight is 434 g/mol. The number of amides is 1. The molecule has 1 N–H and O–H groups in total. The van der Waals surface area contributed by atoms with Crippen LogP contribution in [0, 0.1) is 5.92 Å². The molecule has 4 nitrogen and oxygen atoms in total. The van der Waals surface area contributed by atoms with Crippen LogP contribution in [0.5, 0.6) is 0 Å². The monoisotopic (exact) mass is 433 g/mol. The van der Waals surface area contributed by atoms with Gasteiger partial charge in [-0.15, -0.1) is 0 Å².